The maximum Gasteiger partial charge on any atom is 0.322 e. The summed E-state index contributed by atoms with van der Waals surface area (Å²) in [7, 11) is 0. The molecule has 1 aliphatic heterocycles. The zero-order valence-electron chi connectivity index (χ0n) is 12.3. The highest BCUT2D eigenvalue weighted by atomic mass is 19.1. The van der Waals surface area contributed by atoms with E-state index < -0.39 is 0 Å². The lowest BCUT2D eigenvalue weighted by Crippen LogP contribution is -2.19. The van der Waals surface area contributed by atoms with Crippen LogP contribution in [0.3, 0.4) is 0 Å². The van der Waals surface area contributed by atoms with Crippen LogP contribution in [0.2, 0.25) is 0 Å². The van der Waals surface area contributed by atoms with Gasteiger partial charge < -0.3 is 9.73 Å². The van der Waals surface area contributed by atoms with Crippen molar-refractivity contribution in [2.45, 2.75) is 32.7 Å². The zero-order valence-corrected chi connectivity index (χ0v) is 12.3. The molecule has 1 N–H and O–H groups in total. The monoisotopic (exact) mass is 290 g/mol. The lowest BCUT2D eigenvalue weighted by Gasteiger charge is -2.14. The van der Waals surface area contributed by atoms with Gasteiger partial charge in [-0.25, -0.2) is 4.39 Å². The van der Waals surface area contributed by atoms with Crippen molar-refractivity contribution in [2.24, 2.45) is 0 Å². The van der Waals surface area contributed by atoms with E-state index in [0.717, 1.165) is 37.2 Å². The number of nitrogens with zero attached hydrogens (tertiary/aromatic N) is 3. The number of hydrogen-bond acceptors (Lipinski definition) is 5. The van der Waals surface area contributed by atoms with E-state index in [2.05, 4.69) is 22.4 Å². The van der Waals surface area contributed by atoms with E-state index in [1.54, 1.807) is 0 Å². The van der Waals surface area contributed by atoms with E-state index in [1.165, 1.54) is 12.1 Å². The molecule has 0 spiro atoms. The summed E-state index contributed by atoms with van der Waals surface area (Å²) in [6.07, 6.45) is 1.90. The third-order valence-corrected chi connectivity index (χ3v) is 3.67. The number of halogens is 1. The van der Waals surface area contributed by atoms with Crippen molar-refractivity contribution in [3.63, 3.8) is 0 Å². The molecule has 1 aliphatic rings. The van der Waals surface area contributed by atoms with Gasteiger partial charge in [0.05, 0.1) is 11.7 Å². The molecule has 21 heavy (non-hydrogen) atoms. The van der Waals surface area contributed by atoms with Crippen LogP contribution in [0.15, 0.2) is 22.6 Å². The minimum atomic E-state index is -0.252. The van der Waals surface area contributed by atoms with Gasteiger partial charge in [0.1, 0.15) is 5.82 Å². The van der Waals surface area contributed by atoms with Gasteiger partial charge in [0.25, 0.3) is 0 Å². The van der Waals surface area contributed by atoms with Crippen LogP contribution in [0.4, 0.5) is 16.1 Å². The van der Waals surface area contributed by atoms with Gasteiger partial charge in [0.2, 0.25) is 5.89 Å². The second-order valence-corrected chi connectivity index (χ2v) is 5.27. The number of rotatable bonds is 5. The molecular formula is C15H19FN4O. The molecule has 1 aromatic carbocycles. The summed E-state index contributed by atoms with van der Waals surface area (Å²) in [6.45, 7) is 5.73. The molecule has 3 rings (SSSR count). The van der Waals surface area contributed by atoms with Crippen molar-refractivity contribution < 1.29 is 8.81 Å². The second kappa shape index (κ2) is 5.81. The maximum atomic E-state index is 13.4. The van der Waals surface area contributed by atoms with Gasteiger partial charge in [-0.3, -0.25) is 4.90 Å². The Morgan fingerprint density at radius 2 is 2.29 bits per heavy atom. The van der Waals surface area contributed by atoms with Crippen LogP contribution >= 0.6 is 0 Å². The molecular weight excluding hydrogens is 271 g/mol. The standard InChI is InChI=1S/C15H19FN4O/c1-3-7-17-10(2)14-18-19-15(21-14)20-8-6-11-4-5-12(16)9-13(11)20/h4-5,9-10,17H,3,6-8H2,1-2H3. The average Bonchev–Trinajstić information content (AvgIpc) is 3.10. The first kappa shape index (κ1) is 14.0. The van der Waals surface area contributed by atoms with Gasteiger partial charge in [-0.2, -0.15) is 0 Å². The lowest BCUT2D eigenvalue weighted by atomic mass is 10.2. The van der Waals surface area contributed by atoms with Gasteiger partial charge in [0.15, 0.2) is 0 Å². The molecule has 0 bridgehead atoms. The SMILES string of the molecule is CCCNC(C)c1nnc(N2CCc3ccc(F)cc32)o1. The van der Waals surface area contributed by atoms with Crippen LogP contribution in [0.25, 0.3) is 0 Å². The highest BCUT2D eigenvalue weighted by Gasteiger charge is 2.26. The molecule has 0 aliphatic carbocycles. The van der Waals surface area contributed by atoms with E-state index in [1.807, 2.05) is 17.9 Å². The van der Waals surface area contributed by atoms with Crippen LogP contribution in [0.5, 0.6) is 0 Å². The average molecular weight is 290 g/mol. The fourth-order valence-electron chi connectivity index (χ4n) is 2.51. The molecule has 2 heterocycles. The summed E-state index contributed by atoms with van der Waals surface area (Å²) in [5.74, 6) is 0.307. The van der Waals surface area contributed by atoms with E-state index in [4.69, 9.17) is 4.42 Å². The number of anilines is 2. The predicted molar refractivity (Wildman–Crippen MR) is 78.1 cm³/mol. The molecule has 0 saturated carbocycles. The Hall–Kier alpha value is -1.95. The van der Waals surface area contributed by atoms with Crippen LogP contribution in [-0.4, -0.2) is 23.3 Å². The number of aromatic nitrogens is 2. The number of hydrogen-bond donors (Lipinski definition) is 1. The summed E-state index contributed by atoms with van der Waals surface area (Å²) in [4.78, 5) is 1.88. The summed E-state index contributed by atoms with van der Waals surface area (Å²) in [5, 5.41) is 11.5. The van der Waals surface area contributed by atoms with Crippen molar-refractivity contribution >= 4 is 11.7 Å². The highest BCUT2D eigenvalue weighted by Crippen LogP contribution is 2.34. The summed E-state index contributed by atoms with van der Waals surface area (Å²) in [5.41, 5.74) is 1.92. The third kappa shape index (κ3) is 2.76. The molecule has 0 amide bonds. The second-order valence-electron chi connectivity index (χ2n) is 5.27. The number of benzene rings is 1. The van der Waals surface area contributed by atoms with Crippen LogP contribution in [0.1, 0.15) is 37.8 Å². The van der Waals surface area contributed by atoms with E-state index in [-0.39, 0.29) is 11.9 Å². The smallest absolute Gasteiger partial charge is 0.322 e. The Bertz CT molecular complexity index is 628. The van der Waals surface area contributed by atoms with Gasteiger partial charge in [-0.15, -0.1) is 5.10 Å². The molecule has 6 heteroatoms. The zero-order chi connectivity index (χ0) is 14.8. The first-order valence-corrected chi connectivity index (χ1v) is 7.31. The molecule has 112 valence electrons. The fraction of sp³-hybridized carbons (Fsp3) is 0.467. The molecule has 1 aromatic heterocycles. The first-order chi connectivity index (χ1) is 10.2. The lowest BCUT2D eigenvalue weighted by molar-refractivity contribution is 0.419. The Morgan fingerprint density at radius 1 is 1.43 bits per heavy atom. The van der Waals surface area contributed by atoms with Gasteiger partial charge >= 0.3 is 6.01 Å². The minimum Gasteiger partial charge on any atom is -0.406 e. The molecule has 1 atom stereocenters. The summed E-state index contributed by atoms with van der Waals surface area (Å²) in [6, 6.07) is 5.26. The van der Waals surface area contributed by atoms with Crippen molar-refractivity contribution in [2.75, 3.05) is 18.0 Å². The van der Waals surface area contributed by atoms with Crippen LogP contribution < -0.4 is 10.2 Å². The fourth-order valence-corrected chi connectivity index (χ4v) is 2.51. The Balaban J connectivity index is 1.81. The van der Waals surface area contributed by atoms with Crippen molar-refractivity contribution in [3.8, 4) is 0 Å². The topological polar surface area (TPSA) is 54.2 Å². The Morgan fingerprint density at radius 3 is 3.10 bits per heavy atom. The van der Waals surface area contributed by atoms with Gasteiger partial charge in [-0.1, -0.05) is 18.1 Å². The van der Waals surface area contributed by atoms with Gasteiger partial charge in [-0.05, 0) is 44.0 Å². The number of fused-ring (bicyclic) bond motifs is 1. The molecule has 0 fully saturated rings. The summed E-state index contributed by atoms with van der Waals surface area (Å²) >= 11 is 0. The Kier molecular flexibility index (Phi) is 3.88. The quantitative estimate of drug-likeness (QED) is 0.917. The van der Waals surface area contributed by atoms with E-state index in [0.29, 0.717) is 11.9 Å². The summed E-state index contributed by atoms with van der Waals surface area (Å²) < 4.78 is 19.2. The first-order valence-electron chi connectivity index (χ1n) is 7.31. The molecule has 0 saturated heterocycles. The van der Waals surface area contributed by atoms with E-state index in [9.17, 15) is 4.39 Å². The largest absolute Gasteiger partial charge is 0.406 e. The highest BCUT2D eigenvalue weighted by molar-refractivity contribution is 5.64. The minimum absolute atomic E-state index is 0.0146. The van der Waals surface area contributed by atoms with E-state index >= 15 is 0 Å². The molecule has 1 unspecified atom stereocenters. The predicted octanol–water partition coefficient (Wildman–Crippen LogP) is 2.96. The van der Waals surface area contributed by atoms with Crippen molar-refractivity contribution in [1.29, 1.82) is 0 Å². The van der Waals surface area contributed by atoms with Crippen molar-refractivity contribution in [1.82, 2.24) is 15.5 Å². The third-order valence-electron chi connectivity index (χ3n) is 3.67. The molecule has 5 nitrogen and oxygen atoms in total. The van der Waals surface area contributed by atoms with Crippen LogP contribution in [-0.2, 0) is 6.42 Å². The normalized spacial score (nSPS) is 15.3. The van der Waals surface area contributed by atoms with Crippen LogP contribution in [0, 0.1) is 5.82 Å². The van der Waals surface area contributed by atoms with Gasteiger partial charge in [0, 0.05) is 6.54 Å². The molecule has 2 aromatic rings. The maximum absolute atomic E-state index is 13.4. The molecule has 0 radical (unpaired) electrons. The number of nitrogens with one attached hydrogen (secondary N) is 1. The Labute approximate surface area is 123 Å². The van der Waals surface area contributed by atoms with Crippen molar-refractivity contribution in [3.05, 3.63) is 35.5 Å².